The number of carboxylic acids is 1. The average molecular weight is 293 g/mol. The van der Waals surface area contributed by atoms with Gasteiger partial charge in [0.2, 0.25) is 0 Å². The molecular weight excluding hydrogens is 285 g/mol. The molecule has 1 rings (SSSR count). The van der Waals surface area contributed by atoms with Gasteiger partial charge in [0.15, 0.2) is 0 Å². The van der Waals surface area contributed by atoms with Crippen molar-refractivity contribution in [1.29, 1.82) is 0 Å². The number of carbonyl (C=O) groups excluding carboxylic acids is 1. The fraction of sp³-hybridized carbons (Fsp3) is 0.222. The highest BCUT2D eigenvalue weighted by Crippen LogP contribution is 2.30. The van der Waals surface area contributed by atoms with Crippen LogP contribution in [0.25, 0.3) is 0 Å². The third-order valence-corrected chi connectivity index (χ3v) is 3.42. The minimum Gasteiger partial charge on any atom is -0.475 e. The number of ketones is 1. The molecule has 1 aromatic heterocycles. The summed E-state index contributed by atoms with van der Waals surface area (Å²) >= 11 is 9.01. The second-order valence-corrected chi connectivity index (χ2v) is 4.09. The zero-order valence-corrected chi connectivity index (χ0v) is 10.3. The second kappa shape index (κ2) is 4.28. The Morgan fingerprint density at radius 2 is 1.87 bits per heavy atom. The lowest BCUT2D eigenvalue weighted by Crippen LogP contribution is -2.16. The normalized spacial score (nSPS) is 10.1. The van der Waals surface area contributed by atoms with Crippen LogP contribution in [0, 0.1) is 13.8 Å². The number of nitrogens with zero attached hydrogens (tertiary/aromatic N) is 1. The Bertz CT molecular complexity index is 459. The lowest BCUT2D eigenvalue weighted by Gasteiger charge is -2.08. The van der Waals surface area contributed by atoms with E-state index in [4.69, 9.17) is 16.7 Å². The number of pyridine rings is 1. The molecule has 1 heterocycles. The largest absolute Gasteiger partial charge is 0.475 e. The van der Waals surface area contributed by atoms with Crippen LogP contribution in [0.15, 0.2) is 4.47 Å². The number of aryl methyl sites for hydroxylation is 2. The smallest absolute Gasteiger partial charge is 0.377 e. The van der Waals surface area contributed by atoms with E-state index in [0.717, 1.165) is 0 Å². The van der Waals surface area contributed by atoms with Gasteiger partial charge in [-0.2, -0.15) is 0 Å². The fourth-order valence-corrected chi connectivity index (χ4v) is 1.80. The molecule has 0 bridgehead atoms. The maximum absolute atomic E-state index is 11.3. The van der Waals surface area contributed by atoms with Crippen molar-refractivity contribution in [2.75, 3.05) is 0 Å². The van der Waals surface area contributed by atoms with Gasteiger partial charge in [0, 0.05) is 0 Å². The highest BCUT2D eigenvalue weighted by Gasteiger charge is 2.23. The molecule has 0 saturated heterocycles. The van der Waals surface area contributed by atoms with Crippen molar-refractivity contribution in [2.24, 2.45) is 0 Å². The molecule has 0 saturated carbocycles. The number of carboxylic acid groups (broad SMARTS) is 1. The molecule has 0 aliphatic rings. The average Bonchev–Trinajstić information content (AvgIpc) is 2.14. The number of Topliss-reactive ketones (excluding diaryl/α,β-unsaturated/α-hetero) is 1. The summed E-state index contributed by atoms with van der Waals surface area (Å²) in [5.74, 6) is -2.59. The van der Waals surface area contributed by atoms with Gasteiger partial charge >= 0.3 is 5.97 Å². The van der Waals surface area contributed by atoms with Crippen LogP contribution in [-0.2, 0) is 4.79 Å². The zero-order valence-electron chi connectivity index (χ0n) is 7.97. The molecule has 1 N–H and O–H groups in total. The third-order valence-electron chi connectivity index (χ3n) is 1.85. The van der Waals surface area contributed by atoms with E-state index in [0.29, 0.717) is 15.9 Å². The number of halogens is 2. The van der Waals surface area contributed by atoms with E-state index in [1.54, 1.807) is 13.8 Å². The molecule has 0 aromatic carbocycles. The van der Waals surface area contributed by atoms with Gasteiger partial charge in [-0.25, -0.2) is 4.79 Å². The summed E-state index contributed by atoms with van der Waals surface area (Å²) in [4.78, 5) is 25.9. The van der Waals surface area contributed by atoms with Gasteiger partial charge in [-0.05, 0) is 29.8 Å². The standard InChI is InChI=1S/C9H7BrClNO3/c1-3-5(8(13)9(14)15)7(11)6(10)4(2)12-3/h1-2H3,(H,14,15). The van der Waals surface area contributed by atoms with Crippen molar-refractivity contribution >= 4 is 39.3 Å². The Kier molecular flexibility index (Phi) is 3.46. The summed E-state index contributed by atoms with van der Waals surface area (Å²) in [5, 5.41) is 8.68. The monoisotopic (exact) mass is 291 g/mol. The molecule has 0 aliphatic heterocycles. The van der Waals surface area contributed by atoms with Crippen molar-refractivity contribution in [3.8, 4) is 0 Å². The molecule has 15 heavy (non-hydrogen) atoms. The van der Waals surface area contributed by atoms with E-state index in [1.807, 2.05) is 0 Å². The Balaban J connectivity index is 3.49. The van der Waals surface area contributed by atoms with Crippen LogP contribution in [0.4, 0.5) is 0 Å². The van der Waals surface area contributed by atoms with Crippen LogP contribution in [0.5, 0.6) is 0 Å². The van der Waals surface area contributed by atoms with E-state index in [1.165, 1.54) is 0 Å². The maximum Gasteiger partial charge on any atom is 0.377 e. The number of hydrogen-bond donors (Lipinski definition) is 1. The Labute approximate surface area is 99.4 Å². The van der Waals surface area contributed by atoms with E-state index >= 15 is 0 Å². The second-order valence-electron chi connectivity index (χ2n) is 2.92. The van der Waals surface area contributed by atoms with Gasteiger partial charge in [-0.1, -0.05) is 11.6 Å². The first kappa shape index (κ1) is 12.1. The lowest BCUT2D eigenvalue weighted by molar-refractivity contribution is -0.131. The minimum atomic E-state index is -1.54. The van der Waals surface area contributed by atoms with Gasteiger partial charge in [0.25, 0.3) is 5.78 Å². The molecule has 6 heteroatoms. The molecule has 4 nitrogen and oxygen atoms in total. The van der Waals surface area contributed by atoms with Crippen molar-refractivity contribution in [2.45, 2.75) is 13.8 Å². The van der Waals surface area contributed by atoms with E-state index < -0.39 is 11.8 Å². The quantitative estimate of drug-likeness (QED) is 0.671. The van der Waals surface area contributed by atoms with Crippen molar-refractivity contribution in [1.82, 2.24) is 4.98 Å². The Hall–Kier alpha value is -0.940. The molecule has 0 fully saturated rings. The predicted octanol–water partition coefficient (Wildman–Crippen LogP) is 2.38. The topological polar surface area (TPSA) is 67.3 Å². The van der Waals surface area contributed by atoms with Crippen LogP contribution in [0.3, 0.4) is 0 Å². The summed E-state index contributed by atoms with van der Waals surface area (Å²) in [6, 6.07) is 0. The lowest BCUT2D eigenvalue weighted by atomic mass is 10.1. The van der Waals surface area contributed by atoms with Crippen molar-refractivity contribution < 1.29 is 14.7 Å². The van der Waals surface area contributed by atoms with Gasteiger partial charge in [-0.15, -0.1) is 0 Å². The highest BCUT2D eigenvalue weighted by molar-refractivity contribution is 9.10. The maximum atomic E-state index is 11.3. The molecule has 0 atom stereocenters. The van der Waals surface area contributed by atoms with Gasteiger partial charge < -0.3 is 5.11 Å². The first-order valence-corrected chi connectivity index (χ1v) is 5.13. The molecule has 80 valence electrons. The first-order chi connectivity index (χ1) is 6.86. The van der Waals surface area contributed by atoms with Crippen LogP contribution >= 0.6 is 27.5 Å². The molecule has 0 amide bonds. The number of carbonyl (C=O) groups is 2. The predicted molar refractivity (Wildman–Crippen MR) is 58.4 cm³/mol. The van der Waals surface area contributed by atoms with Gasteiger partial charge in [0.05, 0.1) is 26.4 Å². The van der Waals surface area contributed by atoms with Crippen LogP contribution in [0.2, 0.25) is 5.02 Å². The molecular formula is C9H7BrClNO3. The zero-order chi connectivity index (χ0) is 11.7. The van der Waals surface area contributed by atoms with Crippen LogP contribution in [0.1, 0.15) is 21.7 Å². The summed E-state index contributed by atoms with van der Waals surface area (Å²) in [5.41, 5.74) is 0.856. The van der Waals surface area contributed by atoms with Gasteiger partial charge in [-0.3, -0.25) is 9.78 Å². The van der Waals surface area contributed by atoms with E-state index in [9.17, 15) is 9.59 Å². The SMILES string of the molecule is Cc1nc(C)c(C(=O)C(=O)O)c(Cl)c1Br. The molecule has 0 aliphatic carbocycles. The fourth-order valence-electron chi connectivity index (χ4n) is 1.15. The third kappa shape index (κ3) is 2.18. The summed E-state index contributed by atoms with van der Waals surface area (Å²) in [6.07, 6.45) is 0. The van der Waals surface area contributed by atoms with Crippen LogP contribution < -0.4 is 0 Å². The van der Waals surface area contributed by atoms with E-state index in [-0.39, 0.29) is 10.6 Å². The van der Waals surface area contributed by atoms with Crippen molar-refractivity contribution in [3.05, 3.63) is 26.4 Å². The molecule has 0 spiro atoms. The van der Waals surface area contributed by atoms with E-state index in [2.05, 4.69) is 20.9 Å². The van der Waals surface area contributed by atoms with Gasteiger partial charge in [0.1, 0.15) is 0 Å². The summed E-state index contributed by atoms with van der Waals surface area (Å²) in [6.45, 7) is 3.25. The highest BCUT2D eigenvalue weighted by atomic mass is 79.9. The minimum absolute atomic E-state index is 0.0679. The summed E-state index contributed by atoms with van der Waals surface area (Å²) in [7, 11) is 0. The Morgan fingerprint density at radius 1 is 1.33 bits per heavy atom. The first-order valence-electron chi connectivity index (χ1n) is 3.96. The molecule has 0 unspecified atom stereocenters. The summed E-state index contributed by atoms with van der Waals surface area (Å²) < 4.78 is 0.444. The number of aliphatic carboxylic acids is 1. The number of hydrogen-bond acceptors (Lipinski definition) is 3. The number of aromatic nitrogens is 1. The molecule has 0 radical (unpaired) electrons. The van der Waals surface area contributed by atoms with Crippen molar-refractivity contribution in [3.63, 3.8) is 0 Å². The Morgan fingerprint density at radius 3 is 2.33 bits per heavy atom. The van der Waals surface area contributed by atoms with Crippen LogP contribution in [-0.4, -0.2) is 21.8 Å². The molecule has 1 aromatic rings. The number of rotatable bonds is 2.